The van der Waals surface area contributed by atoms with Crippen LogP contribution in [0, 0.1) is 0 Å². The number of nitrogens with zero attached hydrogens (tertiary/aromatic N) is 1. The fraction of sp³-hybridized carbons (Fsp3) is 0.385. The summed E-state index contributed by atoms with van der Waals surface area (Å²) < 4.78 is 4.82. The molecule has 1 aromatic rings. The van der Waals surface area contributed by atoms with Crippen LogP contribution in [0.25, 0.3) is 0 Å². The van der Waals surface area contributed by atoms with Gasteiger partial charge in [-0.25, -0.2) is 0 Å². The third-order valence-electron chi connectivity index (χ3n) is 2.46. The van der Waals surface area contributed by atoms with Gasteiger partial charge in [0.15, 0.2) is 0 Å². The van der Waals surface area contributed by atoms with Crippen molar-refractivity contribution in [3.8, 4) is 0 Å². The third-order valence-corrected chi connectivity index (χ3v) is 2.46. The molecule has 1 aromatic carbocycles. The lowest BCUT2D eigenvalue weighted by molar-refractivity contribution is -0.136. The molecule has 98 valence electrons. The molecule has 0 atom stereocenters. The number of nitrogens with two attached hydrogens (primary N) is 1. The van der Waals surface area contributed by atoms with E-state index in [1.165, 1.54) is 7.11 Å². The van der Waals surface area contributed by atoms with Crippen LogP contribution in [0.4, 0.5) is 0 Å². The highest BCUT2D eigenvalue weighted by Gasteiger charge is 2.14. The Kier molecular flexibility index (Phi) is 5.87. The minimum absolute atomic E-state index is 0.00555. The molecule has 0 fully saturated rings. The van der Waals surface area contributed by atoms with Crippen molar-refractivity contribution in [3.05, 3.63) is 35.9 Å². The number of carbonyl (C=O) groups is 2. The number of amides is 2. The van der Waals surface area contributed by atoms with Crippen LogP contribution in [0.15, 0.2) is 30.3 Å². The Hall–Kier alpha value is -1.88. The Morgan fingerprint density at radius 1 is 1.28 bits per heavy atom. The van der Waals surface area contributed by atoms with Gasteiger partial charge in [0.25, 0.3) is 0 Å². The van der Waals surface area contributed by atoms with Crippen LogP contribution in [0.1, 0.15) is 12.0 Å². The van der Waals surface area contributed by atoms with Crippen LogP contribution >= 0.6 is 0 Å². The highest BCUT2D eigenvalue weighted by atomic mass is 16.5. The fourth-order valence-electron chi connectivity index (χ4n) is 1.56. The first-order valence-electron chi connectivity index (χ1n) is 5.72. The third kappa shape index (κ3) is 4.97. The molecule has 0 heterocycles. The van der Waals surface area contributed by atoms with E-state index in [2.05, 4.69) is 0 Å². The average Bonchev–Trinajstić information content (AvgIpc) is 2.35. The maximum atomic E-state index is 11.8. The van der Waals surface area contributed by atoms with Crippen LogP contribution in [-0.2, 0) is 20.9 Å². The van der Waals surface area contributed by atoms with Gasteiger partial charge in [0.05, 0.1) is 0 Å². The highest BCUT2D eigenvalue weighted by molar-refractivity contribution is 5.79. The van der Waals surface area contributed by atoms with E-state index in [0.29, 0.717) is 13.1 Å². The van der Waals surface area contributed by atoms with Crippen LogP contribution in [-0.4, -0.2) is 37.0 Å². The van der Waals surface area contributed by atoms with Crippen molar-refractivity contribution in [2.45, 2.75) is 13.0 Å². The molecule has 0 spiro atoms. The van der Waals surface area contributed by atoms with E-state index >= 15 is 0 Å². The topological polar surface area (TPSA) is 72.6 Å². The van der Waals surface area contributed by atoms with E-state index in [0.717, 1.165) is 5.56 Å². The number of methoxy groups -OCH3 is 1. The number of rotatable bonds is 7. The van der Waals surface area contributed by atoms with E-state index in [9.17, 15) is 9.59 Å². The molecule has 0 radical (unpaired) electrons. The molecule has 0 bridgehead atoms. The number of benzene rings is 1. The molecular weight excluding hydrogens is 232 g/mol. The van der Waals surface area contributed by atoms with Gasteiger partial charge in [-0.05, 0) is 5.56 Å². The van der Waals surface area contributed by atoms with Crippen molar-refractivity contribution in [1.29, 1.82) is 0 Å². The molecule has 2 amide bonds. The molecule has 0 aliphatic rings. The smallest absolute Gasteiger partial charge is 0.248 e. The van der Waals surface area contributed by atoms with Gasteiger partial charge in [0.1, 0.15) is 6.61 Å². The first kappa shape index (κ1) is 14.2. The molecule has 0 aliphatic heterocycles. The molecule has 0 saturated carbocycles. The molecule has 18 heavy (non-hydrogen) atoms. The second-order valence-corrected chi connectivity index (χ2v) is 3.95. The lowest BCUT2D eigenvalue weighted by atomic mass is 10.2. The van der Waals surface area contributed by atoms with Crippen LogP contribution in [0.2, 0.25) is 0 Å². The molecule has 5 nitrogen and oxygen atoms in total. The van der Waals surface area contributed by atoms with Crippen molar-refractivity contribution in [3.63, 3.8) is 0 Å². The van der Waals surface area contributed by atoms with Gasteiger partial charge in [0, 0.05) is 26.6 Å². The predicted octanol–water partition coefficient (Wildman–Crippen LogP) is 0.537. The average molecular weight is 250 g/mol. The quantitative estimate of drug-likeness (QED) is 0.767. The Morgan fingerprint density at radius 2 is 1.94 bits per heavy atom. The second kappa shape index (κ2) is 7.45. The van der Waals surface area contributed by atoms with Crippen LogP contribution in [0.3, 0.4) is 0 Å². The fourth-order valence-corrected chi connectivity index (χ4v) is 1.56. The summed E-state index contributed by atoms with van der Waals surface area (Å²) in [6.07, 6.45) is 0.155. The predicted molar refractivity (Wildman–Crippen MR) is 67.5 cm³/mol. The standard InChI is InChI=1S/C13H18N2O3/c1-18-10-13(17)15(8-7-12(14)16)9-11-5-3-2-4-6-11/h2-6H,7-10H2,1H3,(H2,14,16). The van der Waals surface area contributed by atoms with Gasteiger partial charge >= 0.3 is 0 Å². The number of primary amides is 1. The Morgan fingerprint density at radius 3 is 2.50 bits per heavy atom. The molecule has 0 unspecified atom stereocenters. The second-order valence-electron chi connectivity index (χ2n) is 3.95. The Labute approximate surface area is 107 Å². The van der Waals surface area contributed by atoms with Gasteiger partial charge in [-0.2, -0.15) is 0 Å². The van der Waals surface area contributed by atoms with Crippen molar-refractivity contribution in [2.24, 2.45) is 5.73 Å². The van der Waals surface area contributed by atoms with Crippen LogP contribution in [0.5, 0.6) is 0 Å². The lowest BCUT2D eigenvalue weighted by Gasteiger charge is -2.22. The SMILES string of the molecule is COCC(=O)N(CCC(N)=O)Cc1ccccc1. The van der Waals surface area contributed by atoms with E-state index in [1.807, 2.05) is 30.3 Å². The first-order valence-corrected chi connectivity index (χ1v) is 5.72. The Bertz CT molecular complexity index is 392. The van der Waals surface area contributed by atoms with Gasteiger partial charge < -0.3 is 15.4 Å². The maximum absolute atomic E-state index is 11.8. The summed E-state index contributed by atoms with van der Waals surface area (Å²) in [5.41, 5.74) is 6.11. The van der Waals surface area contributed by atoms with Gasteiger partial charge in [-0.3, -0.25) is 9.59 Å². The monoisotopic (exact) mass is 250 g/mol. The summed E-state index contributed by atoms with van der Waals surface area (Å²) in [5.74, 6) is -0.569. The van der Waals surface area contributed by atoms with E-state index in [-0.39, 0.29) is 18.9 Å². The molecular formula is C13H18N2O3. The zero-order valence-electron chi connectivity index (χ0n) is 10.5. The van der Waals surface area contributed by atoms with Gasteiger partial charge in [0.2, 0.25) is 11.8 Å². The first-order chi connectivity index (χ1) is 8.63. The van der Waals surface area contributed by atoms with Crippen molar-refractivity contribution >= 4 is 11.8 Å². The Balaban J connectivity index is 2.64. The minimum Gasteiger partial charge on any atom is -0.375 e. The van der Waals surface area contributed by atoms with Crippen LogP contribution < -0.4 is 5.73 Å². The zero-order valence-corrected chi connectivity index (χ0v) is 10.5. The van der Waals surface area contributed by atoms with Gasteiger partial charge in [-0.15, -0.1) is 0 Å². The van der Waals surface area contributed by atoms with Crippen molar-refractivity contribution in [2.75, 3.05) is 20.3 Å². The summed E-state index contributed by atoms with van der Waals surface area (Å²) in [5, 5.41) is 0. The zero-order chi connectivity index (χ0) is 13.4. The molecule has 0 aliphatic carbocycles. The van der Waals surface area contributed by atoms with E-state index in [4.69, 9.17) is 10.5 Å². The molecule has 5 heteroatoms. The van der Waals surface area contributed by atoms with Gasteiger partial charge in [-0.1, -0.05) is 30.3 Å². The summed E-state index contributed by atoms with van der Waals surface area (Å²) in [6, 6.07) is 9.58. The lowest BCUT2D eigenvalue weighted by Crippen LogP contribution is -2.35. The van der Waals surface area contributed by atoms with E-state index < -0.39 is 5.91 Å². The minimum atomic E-state index is -0.418. The molecule has 0 saturated heterocycles. The molecule has 1 rings (SSSR count). The summed E-state index contributed by atoms with van der Waals surface area (Å²) in [4.78, 5) is 24.2. The summed E-state index contributed by atoms with van der Waals surface area (Å²) in [6.45, 7) is 0.772. The highest BCUT2D eigenvalue weighted by Crippen LogP contribution is 2.05. The maximum Gasteiger partial charge on any atom is 0.248 e. The van der Waals surface area contributed by atoms with E-state index in [1.54, 1.807) is 4.90 Å². The molecule has 0 aromatic heterocycles. The summed E-state index contributed by atoms with van der Waals surface area (Å²) in [7, 11) is 1.46. The number of hydrogen-bond acceptors (Lipinski definition) is 3. The number of carbonyl (C=O) groups excluding carboxylic acids is 2. The normalized spacial score (nSPS) is 10.1. The summed E-state index contributed by atoms with van der Waals surface area (Å²) >= 11 is 0. The molecule has 2 N–H and O–H groups in total. The number of hydrogen-bond donors (Lipinski definition) is 1. The largest absolute Gasteiger partial charge is 0.375 e. The number of ether oxygens (including phenoxy) is 1. The van der Waals surface area contributed by atoms with Crippen molar-refractivity contribution in [1.82, 2.24) is 4.90 Å². The van der Waals surface area contributed by atoms with Crippen molar-refractivity contribution < 1.29 is 14.3 Å².